The van der Waals surface area contributed by atoms with E-state index in [1.807, 2.05) is 0 Å². The number of rotatable bonds is 4. The Kier molecular flexibility index (Phi) is 3.83. The van der Waals surface area contributed by atoms with E-state index in [1.54, 1.807) is 13.8 Å². The molecule has 0 aliphatic carbocycles. The van der Waals surface area contributed by atoms with Crippen LogP contribution in [0.5, 0.6) is 5.75 Å². The first kappa shape index (κ1) is 12.4. The summed E-state index contributed by atoms with van der Waals surface area (Å²) in [5, 5.41) is 8.75. The molecule has 0 saturated carbocycles. The zero-order valence-electron chi connectivity index (χ0n) is 9.26. The van der Waals surface area contributed by atoms with Crippen molar-refractivity contribution in [2.75, 3.05) is 6.61 Å². The van der Waals surface area contributed by atoms with Crippen molar-refractivity contribution < 1.29 is 13.5 Å². The molecule has 0 N–H and O–H groups in total. The largest absolute Gasteiger partial charge is 0.490 e. The van der Waals surface area contributed by atoms with E-state index in [0.717, 1.165) is 6.07 Å². The van der Waals surface area contributed by atoms with Crippen molar-refractivity contribution in [1.82, 2.24) is 0 Å². The van der Waals surface area contributed by atoms with E-state index in [0.29, 0.717) is 6.42 Å². The topological polar surface area (TPSA) is 33.0 Å². The minimum absolute atomic E-state index is 0.117. The highest BCUT2D eigenvalue weighted by atomic mass is 19.2. The van der Waals surface area contributed by atoms with Gasteiger partial charge in [0, 0.05) is 0 Å². The van der Waals surface area contributed by atoms with Crippen LogP contribution in [0.25, 0.3) is 0 Å². The van der Waals surface area contributed by atoms with Crippen molar-refractivity contribution in [2.45, 2.75) is 20.3 Å². The smallest absolute Gasteiger partial charge is 0.200 e. The number of nitriles is 1. The molecule has 0 fully saturated rings. The quantitative estimate of drug-likeness (QED) is 0.787. The standard InChI is InChI=1S/C12H13F2NO/c1-12(2,8-15)6-7-16-10-5-3-4-9(13)11(10)14/h3-5H,6-7H2,1-2H3. The molecule has 0 aliphatic heterocycles. The molecule has 0 aromatic heterocycles. The Hall–Kier alpha value is -1.63. The normalized spacial score (nSPS) is 10.9. The van der Waals surface area contributed by atoms with Crippen LogP contribution in [-0.4, -0.2) is 6.61 Å². The Morgan fingerprint density at radius 1 is 1.38 bits per heavy atom. The lowest BCUT2D eigenvalue weighted by Crippen LogP contribution is -2.13. The highest BCUT2D eigenvalue weighted by molar-refractivity contribution is 5.24. The van der Waals surface area contributed by atoms with Gasteiger partial charge in [0.15, 0.2) is 11.6 Å². The molecule has 1 aromatic carbocycles. The lowest BCUT2D eigenvalue weighted by molar-refractivity contribution is 0.251. The fourth-order valence-corrected chi connectivity index (χ4v) is 1.07. The van der Waals surface area contributed by atoms with Crippen LogP contribution in [0.2, 0.25) is 0 Å². The predicted octanol–water partition coefficient (Wildman–Crippen LogP) is 3.28. The second kappa shape index (κ2) is 4.93. The summed E-state index contributed by atoms with van der Waals surface area (Å²) in [6.07, 6.45) is 0.458. The molecule has 86 valence electrons. The average molecular weight is 225 g/mol. The summed E-state index contributed by atoms with van der Waals surface area (Å²) in [6.45, 7) is 3.71. The first-order chi connectivity index (χ1) is 7.46. The lowest BCUT2D eigenvalue weighted by atomic mass is 9.92. The van der Waals surface area contributed by atoms with Gasteiger partial charge >= 0.3 is 0 Å². The van der Waals surface area contributed by atoms with Gasteiger partial charge in [-0.3, -0.25) is 0 Å². The number of halogens is 2. The number of nitrogens with zero attached hydrogens (tertiary/aromatic N) is 1. The lowest BCUT2D eigenvalue weighted by Gasteiger charge is -2.15. The summed E-state index contributed by atoms with van der Waals surface area (Å²) in [7, 11) is 0. The Bertz CT molecular complexity index is 410. The van der Waals surface area contributed by atoms with Crippen molar-refractivity contribution in [1.29, 1.82) is 5.26 Å². The maximum absolute atomic E-state index is 13.1. The molecule has 1 rings (SSSR count). The summed E-state index contributed by atoms with van der Waals surface area (Å²) >= 11 is 0. The fraction of sp³-hybridized carbons (Fsp3) is 0.417. The monoisotopic (exact) mass is 225 g/mol. The number of hydrogen-bond acceptors (Lipinski definition) is 2. The first-order valence-corrected chi connectivity index (χ1v) is 4.94. The molecule has 4 heteroatoms. The van der Waals surface area contributed by atoms with Crippen LogP contribution in [-0.2, 0) is 0 Å². The van der Waals surface area contributed by atoms with Gasteiger partial charge in [-0.1, -0.05) is 6.07 Å². The second-order valence-electron chi connectivity index (χ2n) is 4.15. The van der Waals surface area contributed by atoms with Crippen LogP contribution in [0.3, 0.4) is 0 Å². The summed E-state index contributed by atoms with van der Waals surface area (Å²) < 4.78 is 31.0. The summed E-state index contributed by atoms with van der Waals surface area (Å²) in [6, 6.07) is 5.87. The Balaban J connectivity index is 2.57. The van der Waals surface area contributed by atoms with Crippen LogP contribution >= 0.6 is 0 Å². The molecule has 0 radical (unpaired) electrons. The van der Waals surface area contributed by atoms with E-state index in [2.05, 4.69) is 6.07 Å². The van der Waals surface area contributed by atoms with Gasteiger partial charge in [0.05, 0.1) is 18.1 Å². The predicted molar refractivity (Wildman–Crippen MR) is 55.9 cm³/mol. The third kappa shape index (κ3) is 3.20. The van der Waals surface area contributed by atoms with Crippen molar-refractivity contribution in [2.24, 2.45) is 5.41 Å². The third-order valence-electron chi connectivity index (χ3n) is 2.20. The van der Waals surface area contributed by atoms with E-state index in [1.165, 1.54) is 12.1 Å². The second-order valence-corrected chi connectivity index (χ2v) is 4.15. The van der Waals surface area contributed by atoms with Gasteiger partial charge < -0.3 is 4.74 Å². The SMILES string of the molecule is CC(C)(C#N)CCOc1cccc(F)c1F. The molecule has 16 heavy (non-hydrogen) atoms. The average Bonchev–Trinajstić information content (AvgIpc) is 2.24. The summed E-state index contributed by atoms with van der Waals surface area (Å²) in [4.78, 5) is 0. The zero-order chi connectivity index (χ0) is 12.2. The van der Waals surface area contributed by atoms with Gasteiger partial charge in [-0.25, -0.2) is 4.39 Å². The number of benzene rings is 1. The Morgan fingerprint density at radius 3 is 2.69 bits per heavy atom. The van der Waals surface area contributed by atoms with Crippen LogP contribution < -0.4 is 4.74 Å². The zero-order valence-corrected chi connectivity index (χ0v) is 9.26. The van der Waals surface area contributed by atoms with Crippen LogP contribution in [0, 0.1) is 28.4 Å². The Morgan fingerprint density at radius 2 is 2.06 bits per heavy atom. The van der Waals surface area contributed by atoms with Crippen LogP contribution in [0.4, 0.5) is 8.78 Å². The van der Waals surface area contributed by atoms with Crippen molar-refractivity contribution >= 4 is 0 Å². The van der Waals surface area contributed by atoms with Gasteiger partial charge in [-0.05, 0) is 32.4 Å². The van der Waals surface area contributed by atoms with Gasteiger partial charge in [0.25, 0.3) is 0 Å². The van der Waals surface area contributed by atoms with Crippen molar-refractivity contribution in [3.63, 3.8) is 0 Å². The maximum atomic E-state index is 13.1. The molecule has 0 atom stereocenters. The van der Waals surface area contributed by atoms with E-state index < -0.39 is 17.0 Å². The molecule has 0 amide bonds. The van der Waals surface area contributed by atoms with Crippen LogP contribution in [0.15, 0.2) is 18.2 Å². The van der Waals surface area contributed by atoms with E-state index >= 15 is 0 Å². The maximum Gasteiger partial charge on any atom is 0.200 e. The molecule has 0 saturated heterocycles. The van der Waals surface area contributed by atoms with Crippen LogP contribution in [0.1, 0.15) is 20.3 Å². The number of hydrogen-bond donors (Lipinski definition) is 0. The molecular formula is C12H13F2NO. The Labute approximate surface area is 93.5 Å². The van der Waals surface area contributed by atoms with Crippen molar-refractivity contribution in [3.05, 3.63) is 29.8 Å². The minimum Gasteiger partial charge on any atom is -0.490 e. The molecule has 0 unspecified atom stereocenters. The first-order valence-electron chi connectivity index (χ1n) is 4.94. The molecule has 1 aromatic rings. The van der Waals surface area contributed by atoms with Gasteiger partial charge in [-0.2, -0.15) is 9.65 Å². The molecule has 0 heterocycles. The molecule has 0 spiro atoms. The highest BCUT2D eigenvalue weighted by Crippen LogP contribution is 2.22. The van der Waals surface area contributed by atoms with Crippen molar-refractivity contribution in [3.8, 4) is 11.8 Å². The molecule has 0 bridgehead atoms. The van der Waals surface area contributed by atoms with Gasteiger partial charge in [0.2, 0.25) is 5.82 Å². The summed E-state index contributed by atoms with van der Waals surface area (Å²) in [5.41, 5.74) is -0.524. The van der Waals surface area contributed by atoms with E-state index in [-0.39, 0.29) is 12.4 Å². The molecule has 0 aliphatic rings. The third-order valence-corrected chi connectivity index (χ3v) is 2.20. The van der Waals surface area contributed by atoms with E-state index in [9.17, 15) is 8.78 Å². The summed E-state index contributed by atoms with van der Waals surface area (Å²) in [5.74, 6) is -2.04. The molecule has 2 nitrogen and oxygen atoms in total. The molecular weight excluding hydrogens is 212 g/mol. The fourth-order valence-electron chi connectivity index (χ4n) is 1.07. The van der Waals surface area contributed by atoms with Gasteiger partial charge in [0.1, 0.15) is 0 Å². The van der Waals surface area contributed by atoms with E-state index in [4.69, 9.17) is 10.00 Å². The highest BCUT2D eigenvalue weighted by Gasteiger charge is 2.17. The van der Waals surface area contributed by atoms with Gasteiger partial charge in [-0.15, -0.1) is 0 Å². The number of ether oxygens (including phenoxy) is 1. The minimum atomic E-state index is -0.989.